The molecule has 6 nitrogen and oxygen atoms in total. The van der Waals surface area contributed by atoms with Gasteiger partial charge in [0.05, 0.1) is 12.9 Å². The van der Waals surface area contributed by atoms with E-state index < -0.39 is 13.1 Å². The molecule has 0 amide bonds. The van der Waals surface area contributed by atoms with Crippen molar-refractivity contribution in [1.29, 1.82) is 0 Å². The Morgan fingerprint density at radius 2 is 2.43 bits per heavy atom. The molecular weight excluding hydrogens is 291 g/mol. The molecule has 21 heavy (non-hydrogen) atoms. The Morgan fingerprint density at radius 1 is 1.62 bits per heavy atom. The van der Waals surface area contributed by atoms with Crippen molar-refractivity contribution >= 4 is 31.2 Å². The minimum atomic E-state index is -1.04. The Kier molecular flexibility index (Phi) is 3.82. The summed E-state index contributed by atoms with van der Waals surface area (Å²) in [4.78, 5) is 16.1. The zero-order valence-corrected chi connectivity index (χ0v) is 12.0. The van der Waals surface area contributed by atoms with Gasteiger partial charge in [0.2, 0.25) is 0 Å². The largest absolute Gasteiger partial charge is 0.535 e. The summed E-state index contributed by atoms with van der Waals surface area (Å²) in [5.74, 6) is 0.241. The lowest BCUT2D eigenvalue weighted by molar-refractivity contribution is 0.0690. The highest BCUT2D eigenvalue weighted by molar-refractivity contribution is 7.99. The van der Waals surface area contributed by atoms with Crippen molar-refractivity contribution in [2.45, 2.75) is 23.1 Å². The van der Waals surface area contributed by atoms with Gasteiger partial charge in [0.25, 0.3) is 0 Å². The van der Waals surface area contributed by atoms with E-state index in [1.54, 1.807) is 0 Å². The Balaban J connectivity index is 1.91. The maximum absolute atomic E-state index is 11.6. The van der Waals surface area contributed by atoms with E-state index in [2.05, 4.69) is 4.99 Å². The summed E-state index contributed by atoms with van der Waals surface area (Å²) in [6.45, 7) is 0.519. The van der Waals surface area contributed by atoms with Gasteiger partial charge in [0.1, 0.15) is 11.3 Å². The van der Waals surface area contributed by atoms with Crippen molar-refractivity contribution in [1.82, 2.24) is 0 Å². The topological polar surface area (TPSA) is 105 Å². The Morgan fingerprint density at radius 3 is 3.14 bits per heavy atom. The number of nitrogens with two attached hydrogens (primary N) is 1. The first kappa shape index (κ1) is 14.3. The first-order valence-electron chi connectivity index (χ1n) is 6.71. The number of hydrogen-bond acceptors (Lipinski definition) is 5. The van der Waals surface area contributed by atoms with Crippen LogP contribution in [0.25, 0.3) is 0 Å². The molecule has 3 rings (SSSR count). The third kappa shape index (κ3) is 2.61. The average Bonchev–Trinajstić information content (AvgIpc) is 3.24. The van der Waals surface area contributed by atoms with E-state index in [1.165, 1.54) is 18.1 Å². The number of rotatable bonds is 5. The van der Waals surface area contributed by atoms with Gasteiger partial charge in [0, 0.05) is 16.5 Å². The number of nitrogens with zero attached hydrogens (tertiary/aromatic N) is 1. The van der Waals surface area contributed by atoms with E-state index in [4.69, 9.17) is 10.4 Å². The van der Waals surface area contributed by atoms with Gasteiger partial charge in [-0.25, -0.2) is 4.79 Å². The Labute approximate surface area is 126 Å². The van der Waals surface area contributed by atoms with Gasteiger partial charge >= 0.3 is 13.1 Å². The standard InChI is InChI=1S/C13H15BN2O4S/c15-6-16-3-4-21-10-2-1-7-8-5-9(8)14(19)20-12(7)11(10)13(17)18/h1-2,6,8-9,19H,3-5H2,(H2,15,16)(H,17,18). The van der Waals surface area contributed by atoms with Crippen molar-refractivity contribution in [2.75, 3.05) is 12.3 Å². The van der Waals surface area contributed by atoms with Crippen LogP contribution in [-0.2, 0) is 0 Å². The minimum Gasteiger partial charge on any atom is -0.535 e. The van der Waals surface area contributed by atoms with Crippen molar-refractivity contribution in [3.63, 3.8) is 0 Å². The van der Waals surface area contributed by atoms with Gasteiger partial charge in [-0.1, -0.05) is 6.07 Å². The zero-order valence-electron chi connectivity index (χ0n) is 11.2. The molecule has 110 valence electrons. The molecule has 4 N–H and O–H groups in total. The highest BCUT2D eigenvalue weighted by atomic mass is 32.2. The molecule has 8 heteroatoms. The zero-order chi connectivity index (χ0) is 15.0. The van der Waals surface area contributed by atoms with Crippen LogP contribution in [0.4, 0.5) is 0 Å². The number of carbonyl (C=O) groups is 1. The normalized spacial score (nSPS) is 22.6. The molecule has 1 saturated carbocycles. The number of carboxylic acid groups (broad SMARTS) is 1. The van der Waals surface area contributed by atoms with Crippen molar-refractivity contribution < 1.29 is 19.6 Å². The lowest BCUT2D eigenvalue weighted by atomic mass is 9.77. The molecule has 1 aliphatic carbocycles. The van der Waals surface area contributed by atoms with Gasteiger partial charge in [-0.2, -0.15) is 0 Å². The maximum Gasteiger partial charge on any atom is 0.526 e. The average molecular weight is 306 g/mol. The molecule has 1 fully saturated rings. The van der Waals surface area contributed by atoms with Crippen molar-refractivity contribution in [3.8, 4) is 5.75 Å². The fraction of sp³-hybridized carbons (Fsp3) is 0.385. The van der Waals surface area contributed by atoms with Crippen molar-refractivity contribution in [2.24, 2.45) is 10.7 Å². The number of aromatic carboxylic acids is 1. The molecule has 0 spiro atoms. The van der Waals surface area contributed by atoms with Gasteiger partial charge in [0.15, 0.2) is 0 Å². The summed E-state index contributed by atoms with van der Waals surface area (Å²) in [6.07, 6.45) is 2.09. The smallest absolute Gasteiger partial charge is 0.526 e. The highest BCUT2D eigenvalue weighted by Gasteiger charge is 2.54. The molecule has 2 aliphatic rings. The molecule has 0 aromatic heterocycles. The van der Waals surface area contributed by atoms with Gasteiger partial charge < -0.3 is 20.5 Å². The van der Waals surface area contributed by atoms with Crippen LogP contribution in [0.2, 0.25) is 5.82 Å². The predicted octanol–water partition coefficient (Wildman–Crippen LogP) is 1.19. The van der Waals surface area contributed by atoms with E-state index in [0.29, 0.717) is 22.9 Å². The van der Waals surface area contributed by atoms with Crippen molar-refractivity contribution in [3.05, 3.63) is 23.3 Å². The van der Waals surface area contributed by atoms with Gasteiger partial charge in [-0.3, -0.25) is 4.99 Å². The SMILES string of the molecule is NC=NCCSc1ccc2c(c1C(=O)O)OB(O)C1CC21. The highest BCUT2D eigenvalue weighted by Crippen LogP contribution is 2.60. The number of benzene rings is 1. The number of thioether (sulfide) groups is 1. The summed E-state index contributed by atoms with van der Waals surface area (Å²) in [5.41, 5.74) is 6.20. The summed E-state index contributed by atoms with van der Waals surface area (Å²) < 4.78 is 5.46. The third-order valence-electron chi connectivity index (χ3n) is 3.79. The summed E-state index contributed by atoms with van der Waals surface area (Å²) in [7, 11) is -0.900. The molecule has 2 unspecified atom stereocenters. The summed E-state index contributed by atoms with van der Waals surface area (Å²) in [5, 5.41) is 19.3. The van der Waals surface area contributed by atoms with E-state index in [1.807, 2.05) is 12.1 Å². The van der Waals surface area contributed by atoms with E-state index in [-0.39, 0.29) is 17.3 Å². The molecule has 1 aromatic carbocycles. The molecule has 0 radical (unpaired) electrons. The lowest BCUT2D eigenvalue weighted by Crippen LogP contribution is -2.27. The first-order valence-corrected chi connectivity index (χ1v) is 7.69. The second kappa shape index (κ2) is 5.61. The lowest BCUT2D eigenvalue weighted by Gasteiger charge is -2.22. The van der Waals surface area contributed by atoms with E-state index in [0.717, 1.165) is 12.0 Å². The van der Waals surface area contributed by atoms with E-state index in [9.17, 15) is 14.9 Å². The Hall–Kier alpha value is -1.67. The van der Waals surface area contributed by atoms with Crippen LogP contribution in [0.1, 0.15) is 28.3 Å². The summed E-state index contributed by atoms with van der Waals surface area (Å²) >= 11 is 1.39. The van der Waals surface area contributed by atoms with Crippen LogP contribution < -0.4 is 10.4 Å². The van der Waals surface area contributed by atoms with Crippen LogP contribution in [0.5, 0.6) is 5.75 Å². The Bertz CT molecular complexity index is 610. The predicted molar refractivity (Wildman–Crippen MR) is 81.4 cm³/mol. The fourth-order valence-corrected chi connectivity index (χ4v) is 3.61. The molecule has 2 atom stereocenters. The summed E-state index contributed by atoms with van der Waals surface area (Å²) in [6, 6.07) is 3.72. The minimum absolute atomic E-state index is 0.108. The number of carboxylic acids is 1. The van der Waals surface area contributed by atoms with Crippen LogP contribution in [0.3, 0.4) is 0 Å². The monoisotopic (exact) mass is 306 g/mol. The molecule has 1 heterocycles. The number of fused-ring (bicyclic) bond motifs is 3. The first-order chi connectivity index (χ1) is 10.1. The number of hydrogen-bond donors (Lipinski definition) is 3. The van der Waals surface area contributed by atoms with Crippen LogP contribution in [0.15, 0.2) is 22.0 Å². The molecule has 0 saturated heterocycles. The molecule has 1 aliphatic heterocycles. The van der Waals surface area contributed by atoms with Crippen LogP contribution >= 0.6 is 11.8 Å². The second-order valence-corrected chi connectivity index (χ2v) is 6.22. The van der Waals surface area contributed by atoms with Gasteiger partial charge in [-0.15, -0.1) is 11.8 Å². The second-order valence-electron chi connectivity index (χ2n) is 5.08. The fourth-order valence-electron chi connectivity index (χ4n) is 2.70. The maximum atomic E-state index is 11.6. The quantitative estimate of drug-likeness (QED) is 0.248. The van der Waals surface area contributed by atoms with Gasteiger partial charge in [-0.05, 0) is 24.0 Å². The molecule has 1 aromatic rings. The van der Waals surface area contributed by atoms with Crippen LogP contribution in [-0.4, -0.2) is 41.9 Å². The number of aliphatic imine (C=N–C) groups is 1. The molecular formula is C13H15BN2O4S. The van der Waals surface area contributed by atoms with E-state index >= 15 is 0 Å². The molecule has 0 bridgehead atoms. The van der Waals surface area contributed by atoms with Crippen LogP contribution in [0, 0.1) is 0 Å². The third-order valence-corrected chi connectivity index (χ3v) is 4.83.